The van der Waals surface area contributed by atoms with Gasteiger partial charge in [0.25, 0.3) is 0 Å². The molecule has 1 aromatic carbocycles. The van der Waals surface area contributed by atoms with Gasteiger partial charge in [-0.2, -0.15) is 0 Å². The fourth-order valence-corrected chi connectivity index (χ4v) is 4.04. The van der Waals surface area contributed by atoms with Crippen molar-refractivity contribution in [2.75, 3.05) is 24.5 Å². The summed E-state index contributed by atoms with van der Waals surface area (Å²) in [6.45, 7) is 1.70. The molecular formula is C19H23ClN2O4. The molecule has 0 aromatic heterocycles. The van der Waals surface area contributed by atoms with Gasteiger partial charge in [0.2, 0.25) is 11.8 Å². The van der Waals surface area contributed by atoms with E-state index < -0.39 is 11.9 Å². The molecular weight excluding hydrogens is 356 g/mol. The first kappa shape index (κ1) is 18.7. The molecule has 1 aromatic rings. The first-order chi connectivity index (χ1) is 12.5. The number of carboxylic acid groups (broad SMARTS) is 1. The summed E-state index contributed by atoms with van der Waals surface area (Å²) in [5, 5.41) is 9.40. The minimum Gasteiger partial charge on any atom is -0.481 e. The number of halogens is 1. The van der Waals surface area contributed by atoms with E-state index in [-0.39, 0.29) is 24.2 Å². The number of anilines is 1. The maximum Gasteiger partial charge on any atom is 0.303 e. The van der Waals surface area contributed by atoms with E-state index in [1.807, 2.05) is 6.07 Å². The van der Waals surface area contributed by atoms with Crippen LogP contribution in [0.15, 0.2) is 24.3 Å². The third-order valence-electron chi connectivity index (χ3n) is 5.22. The van der Waals surface area contributed by atoms with E-state index in [0.717, 1.165) is 18.5 Å². The molecule has 2 fully saturated rings. The van der Waals surface area contributed by atoms with Gasteiger partial charge >= 0.3 is 5.97 Å². The van der Waals surface area contributed by atoms with Crippen molar-refractivity contribution in [2.45, 2.75) is 32.1 Å². The number of aliphatic carboxylic acids is 1. The number of hydrogen-bond acceptors (Lipinski definition) is 3. The number of hydrogen-bond donors (Lipinski definition) is 1. The highest BCUT2D eigenvalue weighted by molar-refractivity contribution is 6.31. The standard InChI is InChI=1S/C19H23ClN2O4/c20-14-4-1-5-15(11-14)22-10-8-16(19(22)26)18(25)21-9-2-3-13(12-21)6-7-17(23)24/h1,4-5,11,13,16H,2-3,6-10,12H2,(H,23,24). The number of nitrogens with zero attached hydrogens (tertiary/aromatic N) is 2. The van der Waals surface area contributed by atoms with Crippen molar-refractivity contribution in [3.05, 3.63) is 29.3 Å². The number of piperidine rings is 1. The molecule has 3 rings (SSSR count). The van der Waals surface area contributed by atoms with Gasteiger partial charge in [-0.15, -0.1) is 0 Å². The van der Waals surface area contributed by atoms with Gasteiger partial charge in [0.1, 0.15) is 5.92 Å². The molecule has 140 valence electrons. The van der Waals surface area contributed by atoms with Crippen LogP contribution in [0.4, 0.5) is 5.69 Å². The predicted octanol–water partition coefficient (Wildman–Crippen LogP) is 2.80. The topological polar surface area (TPSA) is 77.9 Å². The zero-order valence-corrected chi connectivity index (χ0v) is 15.3. The molecule has 6 nitrogen and oxygen atoms in total. The number of carbonyl (C=O) groups is 3. The summed E-state index contributed by atoms with van der Waals surface area (Å²) in [6.07, 6.45) is 2.99. The summed E-state index contributed by atoms with van der Waals surface area (Å²) in [5.74, 6) is -1.56. The number of rotatable bonds is 5. The molecule has 2 saturated heterocycles. The van der Waals surface area contributed by atoms with E-state index in [1.54, 1.807) is 28.0 Å². The van der Waals surface area contributed by atoms with Crippen LogP contribution in [0.25, 0.3) is 0 Å². The molecule has 2 aliphatic rings. The molecule has 2 heterocycles. The first-order valence-electron chi connectivity index (χ1n) is 9.03. The number of carbonyl (C=O) groups excluding carboxylic acids is 2. The zero-order chi connectivity index (χ0) is 18.7. The van der Waals surface area contributed by atoms with Crippen LogP contribution in [0.5, 0.6) is 0 Å². The smallest absolute Gasteiger partial charge is 0.303 e. The summed E-state index contributed by atoms with van der Waals surface area (Å²) in [7, 11) is 0. The second-order valence-corrected chi connectivity index (χ2v) is 7.47. The Hall–Kier alpha value is -2.08. The summed E-state index contributed by atoms with van der Waals surface area (Å²) >= 11 is 6.00. The largest absolute Gasteiger partial charge is 0.481 e. The molecule has 2 unspecified atom stereocenters. The minimum atomic E-state index is -0.809. The molecule has 26 heavy (non-hydrogen) atoms. The van der Waals surface area contributed by atoms with E-state index in [1.165, 1.54) is 0 Å². The predicted molar refractivity (Wildman–Crippen MR) is 98.1 cm³/mol. The summed E-state index contributed by atoms with van der Waals surface area (Å²) in [5.41, 5.74) is 0.718. The summed E-state index contributed by atoms with van der Waals surface area (Å²) < 4.78 is 0. The Bertz CT molecular complexity index is 709. The zero-order valence-electron chi connectivity index (χ0n) is 14.6. The van der Waals surface area contributed by atoms with Crippen molar-refractivity contribution in [1.29, 1.82) is 0 Å². The van der Waals surface area contributed by atoms with Crippen LogP contribution in [0.1, 0.15) is 32.1 Å². The molecule has 0 bridgehead atoms. The molecule has 7 heteroatoms. The Morgan fingerprint density at radius 3 is 2.77 bits per heavy atom. The van der Waals surface area contributed by atoms with Gasteiger partial charge in [0.15, 0.2) is 0 Å². The van der Waals surface area contributed by atoms with Crippen LogP contribution < -0.4 is 4.90 Å². The maximum absolute atomic E-state index is 12.9. The average molecular weight is 379 g/mol. The van der Waals surface area contributed by atoms with Gasteiger partial charge in [-0.05, 0) is 49.8 Å². The number of amides is 2. The van der Waals surface area contributed by atoms with Crippen molar-refractivity contribution < 1.29 is 19.5 Å². The third kappa shape index (κ3) is 4.18. The molecule has 2 aliphatic heterocycles. The monoisotopic (exact) mass is 378 g/mol. The van der Waals surface area contributed by atoms with Crippen LogP contribution in [0.3, 0.4) is 0 Å². The highest BCUT2D eigenvalue weighted by Gasteiger charge is 2.40. The van der Waals surface area contributed by atoms with Crippen LogP contribution in [-0.4, -0.2) is 47.4 Å². The van der Waals surface area contributed by atoms with Gasteiger partial charge in [0, 0.05) is 36.8 Å². The number of likely N-dealkylation sites (tertiary alicyclic amines) is 1. The molecule has 0 aliphatic carbocycles. The number of benzene rings is 1. The lowest BCUT2D eigenvalue weighted by Crippen LogP contribution is -2.45. The van der Waals surface area contributed by atoms with Gasteiger partial charge in [-0.1, -0.05) is 17.7 Å². The van der Waals surface area contributed by atoms with Crippen molar-refractivity contribution in [3.63, 3.8) is 0 Å². The van der Waals surface area contributed by atoms with Crippen molar-refractivity contribution in [2.24, 2.45) is 11.8 Å². The molecule has 0 saturated carbocycles. The Kier molecular flexibility index (Phi) is 5.81. The summed E-state index contributed by atoms with van der Waals surface area (Å²) in [4.78, 5) is 39.8. The molecule has 0 radical (unpaired) electrons. The Morgan fingerprint density at radius 1 is 1.23 bits per heavy atom. The fourth-order valence-electron chi connectivity index (χ4n) is 3.86. The lowest BCUT2D eigenvalue weighted by Gasteiger charge is -2.34. The molecule has 0 spiro atoms. The van der Waals surface area contributed by atoms with Crippen molar-refractivity contribution >= 4 is 35.1 Å². The van der Waals surface area contributed by atoms with E-state index in [0.29, 0.717) is 37.5 Å². The molecule has 1 N–H and O–H groups in total. The van der Waals surface area contributed by atoms with Gasteiger partial charge in [-0.25, -0.2) is 0 Å². The normalized spacial score (nSPS) is 23.3. The Morgan fingerprint density at radius 2 is 2.04 bits per heavy atom. The van der Waals surface area contributed by atoms with Crippen LogP contribution in [0.2, 0.25) is 5.02 Å². The van der Waals surface area contributed by atoms with Crippen molar-refractivity contribution in [3.8, 4) is 0 Å². The third-order valence-corrected chi connectivity index (χ3v) is 5.46. The highest BCUT2D eigenvalue weighted by atomic mass is 35.5. The average Bonchev–Trinajstić information content (AvgIpc) is 3.01. The highest BCUT2D eigenvalue weighted by Crippen LogP contribution is 2.30. The quantitative estimate of drug-likeness (QED) is 0.799. The van der Waals surface area contributed by atoms with E-state index in [4.69, 9.17) is 16.7 Å². The van der Waals surface area contributed by atoms with Crippen LogP contribution in [-0.2, 0) is 14.4 Å². The summed E-state index contributed by atoms with van der Waals surface area (Å²) in [6, 6.07) is 7.09. The number of carboxylic acids is 1. The van der Waals surface area contributed by atoms with E-state index in [2.05, 4.69) is 0 Å². The van der Waals surface area contributed by atoms with Crippen LogP contribution >= 0.6 is 11.6 Å². The van der Waals surface area contributed by atoms with Gasteiger partial charge in [-0.3, -0.25) is 14.4 Å². The second kappa shape index (κ2) is 8.08. The Balaban J connectivity index is 1.63. The minimum absolute atomic E-state index is 0.123. The molecule has 2 amide bonds. The lowest BCUT2D eigenvalue weighted by atomic mass is 9.92. The first-order valence-corrected chi connectivity index (χ1v) is 9.41. The van der Waals surface area contributed by atoms with E-state index >= 15 is 0 Å². The van der Waals surface area contributed by atoms with E-state index in [9.17, 15) is 14.4 Å². The SMILES string of the molecule is O=C(O)CCC1CCCN(C(=O)C2CCN(c3cccc(Cl)c3)C2=O)C1. The van der Waals surface area contributed by atoms with Gasteiger partial charge < -0.3 is 14.9 Å². The van der Waals surface area contributed by atoms with Gasteiger partial charge in [0.05, 0.1) is 0 Å². The Labute approximate surface area is 157 Å². The maximum atomic E-state index is 12.9. The molecule has 2 atom stereocenters. The second-order valence-electron chi connectivity index (χ2n) is 7.04. The fraction of sp³-hybridized carbons (Fsp3) is 0.526. The van der Waals surface area contributed by atoms with Crippen LogP contribution in [0, 0.1) is 11.8 Å². The van der Waals surface area contributed by atoms with Crippen molar-refractivity contribution in [1.82, 2.24) is 4.90 Å². The lowest BCUT2D eigenvalue weighted by molar-refractivity contribution is -0.141.